The van der Waals surface area contributed by atoms with Crippen molar-refractivity contribution in [1.82, 2.24) is 9.97 Å². The van der Waals surface area contributed by atoms with Gasteiger partial charge in [-0.05, 0) is 20.1 Å². The Kier molecular flexibility index (Phi) is 5.02. The quantitative estimate of drug-likeness (QED) is 0.714. The van der Waals surface area contributed by atoms with Gasteiger partial charge in [-0.15, -0.1) is 0 Å². The van der Waals surface area contributed by atoms with E-state index in [1.807, 2.05) is 27.2 Å². The molecule has 5 nitrogen and oxygen atoms in total. The monoisotopic (exact) mass is 256 g/mol. The molecule has 0 spiro atoms. The van der Waals surface area contributed by atoms with E-state index >= 15 is 0 Å². The minimum absolute atomic E-state index is 0.467. The van der Waals surface area contributed by atoms with Crippen LogP contribution in [0.5, 0.6) is 0 Å². The van der Waals surface area contributed by atoms with Crippen molar-refractivity contribution in [2.45, 2.75) is 19.4 Å². The van der Waals surface area contributed by atoms with Crippen molar-refractivity contribution in [2.24, 2.45) is 0 Å². The Labute approximate surface area is 106 Å². The summed E-state index contributed by atoms with van der Waals surface area (Å²) >= 11 is 1.62. The zero-order valence-electron chi connectivity index (χ0n) is 10.7. The zero-order valence-corrected chi connectivity index (χ0v) is 11.6. The van der Waals surface area contributed by atoms with Crippen molar-refractivity contribution in [3.63, 3.8) is 0 Å². The van der Waals surface area contributed by atoms with Crippen LogP contribution in [0.2, 0.25) is 0 Å². The molecule has 0 amide bonds. The van der Waals surface area contributed by atoms with Crippen LogP contribution in [0.4, 0.5) is 11.6 Å². The molecule has 1 unspecified atom stereocenters. The molecule has 0 aliphatic carbocycles. The van der Waals surface area contributed by atoms with E-state index in [0.29, 0.717) is 12.3 Å². The fourth-order valence-corrected chi connectivity index (χ4v) is 2.24. The van der Waals surface area contributed by atoms with E-state index in [-0.39, 0.29) is 0 Å². The topological polar surface area (TPSA) is 70.1 Å². The maximum absolute atomic E-state index is 10.1. The highest BCUT2D eigenvalue weighted by Gasteiger charge is 2.20. The van der Waals surface area contributed by atoms with E-state index in [4.69, 9.17) is 0 Å². The summed E-state index contributed by atoms with van der Waals surface area (Å²) in [5.74, 6) is 2.24. The largest absolute Gasteiger partial charge is 0.387 e. The number of nitrogens with zero attached hydrogens (tertiary/aromatic N) is 2. The van der Waals surface area contributed by atoms with Gasteiger partial charge in [0.1, 0.15) is 18.0 Å². The fourth-order valence-electron chi connectivity index (χ4n) is 1.52. The van der Waals surface area contributed by atoms with Gasteiger partial charge in [-0.2, -0.15) is 11.8 Å². The molecule has 17 heavy (non-hydrogen) atoms. The van der Waals surface area contributed by atoms with E-state index in [1.54, 1.807) is 11.8 Å². The third-order valence-electron chi connectivity index (χ3n) is 2.41. The van der Waals surface area contributed by atoms with Crippen LogP contribution in [0.3, 0.4) is 0 Å². The van der Waals surface area contributed by atoms with Crippen LogP contribution in [0.15, 0.2) is 6.33 Å². The first-order valence-corrected chi connectivity index (χ1v) is 6.84. The van der Waals surface area contributed by atoms with E-state index < -0.39 is 5.60 Å². The molecule has 0 fully saturated rings. The van der Waals surface area contributed by atoms with Gasteiger partial charge in [0.2, 0.25) is 0 Å². The summed E-state index contributed by atoms with van der Waals surface area (Å²) < 4.78 is 0. The normalized spacial score (nSPS) is 14.2. The molecule has 0 aliphatic heterocycles. The number of hydrogen-bond donors (Lipinski definition) is 3. The minimum atomic E-state index is -0.739. The lowest BCUT2D eigenvalue weighted by molar-refractivity contribution is 0.0996. The summed E-state index contributed by atoms with van der Waals surface area (Å²) in [5.41, 5.74) is 0.214. The highest BCUT2D eigenvalue weighted by molar-refractivity contribution is 7.98. The Morgan fingerprint density at radius 2 is 2.06 bits per heavy atom. The number of thioether (sulfide) groups is 1. The van der Waals surface area contributed by atoms with Crippen molar-refractivity contribution < 1.29 is 5.11 Å². The molecule has 6 heteroatoms. The molecular formula is C11H20N4OS. The van der Waals surface area contributed by atoms with Crippen LogP contribution in [-0.4, -0.2) is 46.3 Å². The van der Waals surface area contributed by atoms with Gasteiger partial charge < -0.3 is 15.7 Å². The smallest absolute Gasteiger partial charge is 0.134 e. The predicted octanol–water partition coefficient (Wildman–Crippen LogP) is 1.35. The van der Waals surface area contributed by atoms with Gasteiger partial charge in [0.25, 0.3) is 0 Å². The van der Waals surface area contributed by atoms with Crippen molar-refractivity contribution in [3.05, 3.63) is 11.9 Å². The number of nitrogens with one attached hydrogen (secondary N) is 2. The van der Waals surface area contributed by atoms with Crippen LogP contribution >= 0.6 is 11.8 Å². The zero-order chi connectivity index (χ0) is 12.9. The van der Waals surface area contributed by atoms with E-state index in [2.05, 4.69) is 20.6 Å². The van der Waals surface area contributed by atoms with Gasteiger partial charge in [0.15, 0.2) is 0 Å². The molecule has 1 atom stereocenters. The molecule has 0 saturated heterocycles. The highest BCUT2D eigenvalue weighted by atomic mass is 32.2. The van der Waals surface area contributed by atoms with Crippen LogP contribution in [0.25, 0.3) is 0 Å². The highest BCUT2D eigenvalue weighted by Crippen LogP contribution is 2.19. The molecule has 1 rings (SSSR count). The first-order chi connectivity index (χ1) is 8.00. The lowest BCUT2D eigenvalue weighted by Crippen LogP contribution is -2.36. The molecule has 1 heterocycles. The molecule has 0 aromatic carbocycles. The molecular weight excluding hydrogens is 236 g/mol. The third kappa shape index (κ3) is 4.05. The number of anilines is 2. The molecule has 0 aliphatic rings. The van der Waals surface area contributed by atoms with Gasteiger partial charge >= 0.3 is 0 Å². The summed E-state index contributed by atoms with van der Waals surface area (Å²) in [6.07, 6.45) is 3.48. The number of aliphatic hydroxyl groups is 1. The lowest BCUT2D eigenvalue weighted by atomic mass is 10.1. The van der Waals surface area contributed by atoms with Crippen LogP contribution in [-0.2, 0) is 0 Å². The average molecular weight is 256 g/mol. The summed E-state index contributed by atoms with van der Waals surface area (Å²) in [4.78, 5) is 8.28. The minimum Gasteiger partial charge on any atom is -0.387 e. The average Bonchev–Trinajstić information content (AvgIpc) is 2.28. The van der Waals surface area contributed by atoms with Crippen molar-refractivity contribution in [1.29, 1.82) is 0 Å². The standard InChI is InChI=1S/C11H20N4OS/c1-8-9(12-3)14-7-15-10(8)13-5-11(2,16)6-17-4/h7,16H,5-6H2,1-4H3,(H2,12,13,14,15). The second-order valence-corrected chi connectivity index (χ2v) is 5.10. The first-order valence-electron chi connectivity index (χ1n) is 5.44. The number of hydrogen-bond acceptors (Lipinski definition) is 6. The molecule has 96 valence electrons. The van der Waals surface area contributed by atoms with Crippen molar-refractivity contribution in [2.75, 3.05) is 36.2 Å². The van der Waals surface area contributed by atoms with Crippen LogP contribution < -0.4 is 10.6 Å². The van der Waals surface area contributed by atoms with Crippen LogP contribution in [0.1, 0.15) is 12.5 Å². The number of rotatable bonds is 6. The summed E-state index contributed by atoms with van der Waals surface area (Å²) in [6, 6.07) is 0. The van der Waals surface area contributed by atoms with Gasteiger partial charge in [0, 0.05) is 24.9 Å². The SMILES string of the molecule is CNc1ncnc(NCC(C)(O)CSC)c1C. The molecule has 1 aromatic rings. The fraction of sp³-hybridized carbons (Fsp3) is 0.636. The van der Waals surface area contributed by atoms with Gasteiger partial charge in [-0.1, -0.05) is 0 Å². The van der Waals surface area contributed by atoms with E-state index in [1.165, 1.54) is 6.33 Å². The summed E-state index contributed by atoms with van der Waals surface area (Å²) in [5, 5.41) is 16.2. The van der Waals surface area contributed by atoms with Crippen molar-refractivity contribution >= 4 is 23.4 Å². The summed E-state index contributed by atoms with van der Waals surface area (Å²) in [6.45, 7) is 4.22. The van der Waals surface area contributed by atoms with E-state index in [9.17, 15) is 5.11 Å². The van der Waals surface area contributed by atoms with Gasteiger partial charge in [0.05, 0.1) is 5.60 Å². The summed E-state index contributed by atoms with van der Waals surface area (Å²) in [7, 11) is 1.82. The second-order valence-electron chi connectivity index (χ2n) is 4.23. The maximum atomic E-state index is 10.1. The third-order valence-corrected chi connectivity index (χ3v) is 3.32. The van der Waals surface area contributed by atoms with Gasteiger partial charge in [-0.25, -0.2) is 9.97 Å². The Bertz CT molecular complexity index is 370. The molecule has 1 aromatic heterocycles. The second kappa shape index (κ2) is 6.07. The van der Waals surface area contributed by atoms with Crippen LogP contribution in [0, 0.1) is 6.92 Å². The maximum Gasteiger partial charge on any atom is 0.134 e. The molecule has 0 radical (unpaired) electrons. The molecule has 0 bridgehead atoms. The van der Waals surface area contributed by atoms with Gasteiger partial charge in [-0.3, -0.25) is 0 Å². The first kappa shape index (κ1) is 14.1. The Morgan fingerprint density at radius 3 is 2.65 bits per heavy atom. The Balaban J connectivity index is 2.69. The lowest BCUT2D eigenvalue weighted by Gasteiger charge is -2.23. The molecule has 0 saturated carbocycles. The Hall–Kier alpha value is -1.01. The Morgan fingerprint density at radius 1 is 1.41 bits per heavy atom. The molecule has 3 N–H and O–H groups in total. The number of aromatic nitrogens is 2. The predicted molar refractivity (Wildman–Crippen MR) is 73.8 cm³/mol. The van der Waals surface area contributed by atoms with Crippen molar-refractivity contribution in [3.8, 4) is 0 Å². The van der Waals surface area contributed by atoms with E-state index in [0.717, 1.165) is 17.2 Å².